The van der Waals surface area contributed by atoms with Gasteiger partial charge in [0.1, 0.15) is 16.7 Å². The van der Waals surface area contributed by atoms with E-state index in [4.69, 9.17) is 4.74 Å². The van der Waals surface area contributed by atoms with Gasteiger partial charge in [-0.25, -0.2) is 8.42 Å². The molecule has 1 N–H and O–H groups in total. The number of hydrogen-bond donors (Lipinski definition) is 1. The lowest BCUT2D eigenvalue weighted by atomic mass is 9.88. The fourth-order valence-corrected chi connectivity index (χ4v) is 6.23. The third-order valence-electron chi connectivity index (χ3n) is 6.92. The van der Waals surface area contributed by atoms with Crippen LogP contribution >= 0.6 is 0 Å². The van der Waals surface area contributed by atoms with Gasteiger partial charge < -0.3 is 9.84 Å². The zero-order chi connectivity index (χ0) is 27.3. The lowest BCUT2D eigenvalue weighted by Crippen LogP contribution is -2.36. The van der Waals surface area contributed by atoms with Crippen molar-refractivity contribution in [1.29, 1.82) is 0 Å². The third kappa shape index (κ3) is 6.39. The number of aromatic nitrogens is 4. The van der Waals surface area contributed by atoms with Gasteiger partial charge in [0, 0.05) is 25.5 Å². The van der Waals surface area contributed by atoms with Crippen molar-refractivity contribution < 1.29 is 23.1 Å². The van der Waals surface area contributed by atoms with E-state index in [0.717, 1.165) is 35.3 Å². The van der Waals surface area contributed by atoms with Crippen LogP contribution in [0, 0.1) is 6.92 Å². The van der Waals surface area contributed by atoms with E-state index in [1.54, 1.807) is 10.7 Å². The molecule has 204 valence electrons. The van der Waals surface area contributed by atoms with Gasteiger partial charge in [0.25, 0.3) is 0 Å². The molecule has 2 aromatic heterocycles. The molecule has 3 aromatic rings. The first-order valence-corrected chi connectivity index (χ1v) is 14.5. The zero-order valence-electron chi connectivity index (χ0n) is 22.1. The SMILES string of the molecule is CCCn1cc(CCC(CC(=O)O)c2ccc(C)c(CN3CC(CC)Oc4ccncc4S3(=O)=O)c2)nn1. The van der Waals surface area contributed by atoms with Gasteiger partial charge in [0.2, 0.25) is 10.0 Å². The second-order valence-corrected chi connectivity index (χ2v) is 11.7. The molecule has 0 amide bonds. The fraction of sp³-hybridized carbons (Fsp3) is 0.481. The Hall–Kier alpha value is -3.31. The summed E-state index contributed by atoms with van der Waals surface area (Å²) in [5.74, 6) is -0.813. The number of rotatable bonds is 11. The van der Waals surface area contributed by atoms with E-state index in [9.17, 15) is 18.3 Å². The van der Waals surface area contributed by atoms with Crippen molar-refractivity contribution in [3.8, 4) is 5.75 Å². The zero-order valence-corrected chi connectivity index (χ0v) is 22.9. The Morgan fingerprint density at radius 2 is 2.08 bits per heavy atom. The average Bonchev–Trinajstić information content (AvgIpc) is 3.30. The quantitative estimate of drug-likeness (QED) is 0.387. The van der Waals surface area contributed by atoms with Gasteiger partial charge in [-0.15, -0.1) is 5.10 Å². The van der Waals surface area contributed by atoms with Gasteiger partial charge in [-0.2, -0.15) is 4.31 Å². The van der Waals surface area contributed by atoms with Gasteiger partial charge in [-0.3, -0.25) is 14.5 Å². The van der Waals surface area contributed by atoms with E-state index >= 15 is 0 Å². The van der Waals surface area contributed by atoms with Gasteiger partial charge >= 0.3 is 5.97 Å². The highest BCUT2D eigenvalue weighted by Crippen LogP contribution is 2.33. The Morgan fingerprint density at radius 1 is 1.26 bits per heavy atom. The Balaban J connectivity index is 1.60. The molecule has 3 heterocycles. The molecule has 38 heavy (non-hydrogen) atoms. The monoisotopic (exact) mass is 541 g/mol. The van der Waals surface area contributed by atoms with E-state index < -0.39 is 16.0 Å². The number of benzene rings is 1. The molecule has 11 heteroatoms. The summed E-state index contributed by atoms with van der Waals surface area (Å²) in [5.41, 5.74) is 3.46. The van der Waals surface area contributed by atoms with Crippen molar-refractivity contribution >= 4 is 16.0 Å². The van der Waals surface area contributed by atoms with Crippen molar-refractivity contribution in [2.75, 3.05) is 6.54 Å². The van der Waals surface area contributed by atoms with Gasteiger partial charge in [-0.05, 0) is 61.3 Å². The number of aliphatic carboxylic acids is 1. The van der Waals surface area contributed by atoms with Crippen LogP contribution in [0.4, 0.5) is 0 Å². The molecule has 0 saturated heterocycles. The molecule has 1 aliphatic rings. The van der Waals surface area contributed by atoms with Gasteiger partial charge in [-0.1, -0.05) is 37.3 Å². The highest BCUT2D eigenvalue weighted by atomic mass is 32.2. The molecule has 0 fully saturated rings. The van der Waals surface area contributed by atoms with Crippen LogP contribution in [0.2, 0.25) is 0 Å². The summed E-state index contributed by atoms with van der Waals surface area (Å²) >= 11 is 0. The lowest BCUT2D eigenvalue weighted by Gasteiger charge is -2.24. The number of aryl methyl sites for hydroxylation is 3. The molecule has 0 saturated carbocycles. The first-order valence-electron chi connectivity index (χ1n) is 13.0. The molecule has 0 spiro atoms. The van der Waals surface area contributed by atoms with E-state index in [0.29, 0.717) is 25.0 Å². The summed E-state index contributed by atoms with van der Waals surface area (Å²) in [6.07, 6.45) is 7.24. The van der Waals surface area contributed by atoms with E-state index in [-0.39, 0.29) is 36.4 Å². The Bertz CT molecular complexity index is 1370. The minimum Gasteiger partial charge on any atom is -0.488 e. The van der Waals surface area contributed by atoms with Crippen LogP contribution in [0.25, 0.3) is 0 Å². The number of hydrogen-bond acceptors (Lipinski definition) is 7. The van der Waals surface area contributed by atoms with Crippen molar-refractivity contribution in [1.82, 2.24) is 24.3 Å². The number of nitrogens with zero attached hydrogens (tertiary/aromatic N) is 5. The number of ether oxygens (including phenoxy) is 1. The maximum absolute atomic E-state index is 13.6. The van der Waals surface area contributed by atoms with Crippen LogP contribution in [0.3, 0.4) is 0 Å². The summed E-state index contributed by atoms with van der Waals surface area (Å²) in [6.45, 7) is 7.12. The van der Waals surface area contributed by atoms with Crippen LogP contribution in [0.5, 0.6) is 5.75 Å². The molecule has 0 radical (unpaired) electrons. The molecule has 10 nitrogen and oxygen atoms in total. The highest BCUT2D eigenvalue weighted by Gasteiger charge is 2.35. The largest absolute Gasteiger partial charge is 0.488 e. The third-order valence-corrected chi connectivity index (χ3v) is 8.74. The molecule has 4 rings (SSSR count). The predicted molar refractivity (Wildman–Crippen MR) is 141 cm³/mol. The van der Waals surface area contributed by atoms with Crippen molar-refractivity contribution in [2.24, 2.45) is 0 Å². The normalized spacial score (nSPS) is 17.8. The number of carboxylic acids is 1. The molecule has 1 aliphatic heterocycles. The van der Waals surface area contributed by atoms with E-state index in [2.05, 4.69) is 22.2 Å². The predicted octanol–water partition coefficient (Wildman–Crippen LogP) is 3.94. The van der Waals surface area contributed by atoms with Gasteiger partial charge in [0.05, 0.1) is 24.9 Å². The van der Waals surface area contributed by atoms with Crippen molar-refractivity contribution in [2.45, 2.75) is 82.9 Å². The van der Waals surface area contributed by atoms with Crippen LogP contribution in [-0.2, 0) is 34.3 Å². The highest BCUT2D eigenvalue weighted by molar-refractivity contribution is 7.89. The van der Waals surface area contributed by atoms with Crippen LogP contribution in [-0.4, -0.2) is 56.4 Å². The Morgan fingerprint density at radius 3 is 2.82 bits per heavy atom. The molecule has 2 atom stereocenters. The molecular formula is C27H35N5O5S. The second-order valence-electron chi connectivity index (χ2n) is 9.76. The number of carbonyl (C=O) groups is 1. The van der Waals surface area contributed by atoms with Crippen molar-refractivity contribution in [3.63, 3.8) is 0 Å². The van der Waals surface area contributed by atoms with E-state index in [1.807, 2.05) is 38.2 Å². The Kier molecular flexibility index (Phi) is 8.78. The summed E-state index contributed by atoms with van der Waals surface area (Å²) < 4.78 is 36.4. The van der Waals surface area contributed by atoms with Crippen LogP contribution in [0.1, 0.15) is 67.8 Å². The van der Waals surface area contributed by atoms with Crippen LogP contribution in [0.15, 0.2) is 47.8 Å². The maximum atomic E-state index is 13.6. The molecule has 0 bridgehead atoms. The lowest BCUT2D eigenvalue weighted by molar-refractivity contribution is -0.137. The summed E-state index contributed by atoms with van der Waals surface area (Å²) in [5, 5.41) is 18.0. The number of fused-ring (bicyclic) bond motifs is 1. The number of carboxylic acid groups (broad SMARTS) is 1. The average molecular weight is 542 g/mol. The van der Waals surface area contributed by atoms with Crippen molar-refractivity contribution in [3.05, 3.63) is 65.2 Å². The first-order chi connectivity index (χ1) is 18.2. The number of sulfonamides is 1. The Labute approximate surface area is 223 Å². The summed E-state index contributed by atoms with van der Waals surface area (Å²) in [4.78, 5) is 15.8. The smallest absolute Gasteiger partial charge is 0.303 e. The standard InChI is InChI=1S/C27H35N5O5S/c1-4-12-31-17-23(29-30-31)9-8-21(14-27(33)34)20-7-6-19(3)22(13-20)16-32-18-24(5-2)37-25-10-11-28-15-26(25)38(32,35)36/h6-7,10-11,13,15,17,21,24H,4-5,8-9,12,14,16,18H2,1-3H3,(H,33,34). The summed E-state index contributed by atoms with van der Waals surface area (Å²) in [6, 6.07) is 7.41. The topological polar surface area (TPSA) is 128 Å². The van der Waals surface area contributed by atoms with E-state index in [1.165, 1.54) is 16.7 Å². The molecular weight excluding hydrogens is 506 g/mol. The van der Waals surface area contributed by atoms with Crippen LogP contribution < -0.4 is 4.74 Å². The number of pyridine rings is 1. The fourth-order valence-electron chi connectivity index (χ4n) is 4.72. The second kappa shape index (κ2) is 12.0. The maximum Gasteiger partial charge on any atom is 0.303 e. The summed E-state index contributed by atoms with van der Waals surface area (Å²) in [7, 11) is -3.84. The molecule has 2 unspecified atom stereocenters. The molecule has 1 aromatic carbocycles. The van der Waals surface area contributed by atoms with Gasteiger partial charge in [0.15, 0.2) is 0 Å². The first kappa shape index (κ1) is 27.7. The molecule has 0 aliphatic carbocycles. The minimum absolute atomic E-state index is 0.0294. The minimum atomic E-state index is -3.84.